The van der Waals surface area contributed by atoms with Crippen LogP contribution in [0.1, 0.15) is 23.8 Å². The number of amides is 1. The standard InChI is InChI=1S/C25H23N3O3S2/c1-15(22(29)26-18-12-6-7-13-19(18)31-2)32-25-27-23-21(17-11-8-14-20(17)33-23)24(30)28(25)16-9-4-3-5-10-16/h3-7,9-10,12-13,15H,8,11,14H2,1-2H3,(H,26,29). The van der Waals surface area contributed by atoms with Crippen LogP contribution in [0.3, 0.4) is 0 Å². The summed E-state index contributed by atoms with van der Waals surface area (Å²) >= 11 is 2.89. The molecule has 1 aliphatic carbocycles. The Balaban J connectivity index is 1.53. The van der Waals surface area contributed by atoms with Crippen molar-refractivity contribution < 1.29 is 9.53 Å². The number of methoxy groups -OCH3 is 1. The number of carbonyl (C=O) groups is 1. The van der Waals surface area contributed by atoms with E-state index in [1.807, 2.05) is 49.4 Å². The number of fused-ring (bicyclic) bond motifs is 3. The second kappa shape index (κ2) is 9.03. The number of nitrogens with one attached hydrogen (secondary N) is 1. The molecule has 1 unspecified atom stereocenters. The van der Waals surface area contributed by atoms with Crippen molar-refractivity contribution in [2.24, 2.45) is 0 Å². The van der Waals surface area contributed by atoms with Crippen LogP contribution in [0.2, 0.25) is 0 Å². The molecule has 0 bridgehead atoms. The zero-order chi connectivity index (χ0) is 22.9. The Morgan fingerprint density at radius 2 is 1.91 bits per heavy atom. The second-order valence-electron chi connectivity index (χ2n) is 7.86. The van der Waals surface area contributed by atoms with E-state index in [9.17, 15) is 9.59 Å². The zero-order valence-corrected chi connectivity index (χ0v) is 20.0. The van der Waals surface area contributed by atoms with Crippen LogP contribution in [0.15, 0.2) is 64.5 Å². The maximum atomic E-state index is 13.7. The molecule has 33 heavy (non-hydrogen) atoms. The number of rotatable bonds is 6. The molecule has 1 aliphatic rings. The number of para-hydroxylation sites is 3. The van der Waals surface area contributed by atoms with Crippen molar-refractivity contribution in [1.29, 1.82) is 0 Å². The van der Waals surface area contributed by atoms with E-state index in [1.165, 1.54) is 16.6 Å². The topological polar surface area (TPSA) is 73.2 Å². The van der Waals surface area contributed by atoms with E-state index in [0.29, 0.717) is 16.6 Å². The SMILES string of the molecule is COc1ccccc1NC(=O)C(C)Sc1nc2sc3c(c2c(=O)n1-c1ccccc1)CCC3. The van der Waals surface area contributed by atoms with Gasteiger partial charge < -0.3 is 10.1 Å². The van der Waals surface area contributed by atoms with Gasteiger partial charge in [0.2, 0.25) is 5.91 Å². The molecule has 0 spiro atoms. The fraction of sp³-hybridized carbons (Fsp3) is 0.240. The molecule has 0 radical (unpaired) electrons. The highest BCUT2D eigenvalue weighted by Crippen LogP contribution is 2.36. The Hall–Kier alpha value is -3.10. The number of anilines is 1. The molecule has 2 heterocycles. The first kappa shape index (κ1) is 21.7. The molecule has 0 saturated heterocycles. The number of hydrogen-bond acceptors (Lipinski definition) is 6. The quantitative estimate of drug-likeness (QED) is 0.310. The van der Waals surface area contributed by atoms with Crippen LogP contribution in [0.5, 0.6) is 5.75 Å². The molecule has 2 aromatic heterocycles. The lowest BCUT2D eigenvalue weighted by Gasteiger charge is -2.17. The highest BCUT2D eigenvalue weighted by Gasteiger charge is 2.26. The number of thiophene rings is 1. The number of aromatic nitrogens is 2. The summed E-state index contributed by atoms with van der Waals surface area (Å²) in [5.41, 5.74) is 2.44. The number of hydrogen-bond donors (Lipinski definition) is 1. The third-order valence-corrected chi connectivity index (χ3v) is 7.98. The summed E-state index contributed by atoms with van der Waals surface area (Å²) in [6, 6.07) is 16.8. The summed E-state index contributed by atoms with van der Waals surface area (Å²) < 4.78 is 6.98. The van der Waals surface area contributed by atoms with Crippen LogP contribution in [0.4, 0.5) is 5.69 Å². The van der Waals surface area contributed by atoms with Crippen LogP contribution in [-0.4, -0.2) is 27.8 Å². The van der Waals surface area contributed by atoms with Gasteiger partial charge in [0.15, 0.2) is 5.16 Å². The van der Waals surface area contributed by atoms with Gasteiger partial charge in [0.1, 0.15) is 10.6 Å². The Bertz CT molecular complexity index is 1400. The Morgan fingerprint density at radius 1 is 1.15 bits per heavy atom. The smallest absolute Gasteiger partial charge is 0.267 e. The van der Waals surface area contributed by atoms with Crippen LogP contribution in [-0.2, 0) is 17.6 Å². The molecule has 168 valence electrons. The molecule has 8 heteroatoms. The highest BCUT2D eigenvalue weighted by atomic mass is 32.2. The van der Waals surface area contributed by atoms with Gasteiger partial charge in [-0.2, -0.15) is 0 Å². The average molecular weight is 478 g/mol. The predicted molar refractivity (Wildman–Crippen MR) is 134 cm³/mol. The molecule has 0 saturated carbocycles. The normalized spacial score (nSPS) is 13.6. The van der Waals surface area contributed by atoms with Gasteiger partial charge in [-0.15, -0.1) is 11.3 Å². The van der Waals surface area contributed by atoms with Gasteiger partial charge in [-0.25, -0.2) is 4.98 Å². The van der Waals surface area contributed by atoms with Gasteiger partial charge in [0, 0.05) is 4.88 Å². The molecule has 5 rings (SSSR count). The first-order valence-corrected chi connectivity index (χ1v) is 12.5. The van der Waals surface area contributed by atoms with E-state index >= 15 is 0 Å². The third-order valence-electron chi connectivity index (χ3n) is 5.74. The molecule has 1 amide bonds. The van der Waals surface area contributed by atoms with Gasteiger partial charge in [-0.05, 0) is 56.0 Å². The lowest BCUT2D eigenvalue weighted by molar-refractivity contribution is -0.115. The molecular formula is C25H23N3O3S2. The van der Waals surface area contributed by atoms with Crippen LogP contribution in [0, 0.1) is 0 Å². The third kappa shape index (κ3) is 4.05. The zero-order valence-electron chi connectivity index (χ0n) is 18.3. The average Bonchev–Trinajstić information content (AvgIpc) is 3.41. The lowest BCUT2D eigenvalue weighted by atomic mass is 10.2. The first-order valence-electron chi connectivity index (χ1n) is 10.8. The van der Waals surface area contributed by atoms with Gasteiger partial charge >= 0.3 is 0 Å². The number of aryl methyl sites for hydroxylation is 2. The molecule has 0 fully saturated rings. The van der Waals surface area contributed by atoms with Crippen LogP contribution < -0.4 is 15.6 Å². The molecule has 0 aliphatic heterocycles. The van der Waals surface area contributed by atoms with Gasteiger partial charge in [0.25, 0.3) is 5.56 Å². The molecule has 1 atom stereocenters. The van der Waals surface area contributed by atoms with E-state index in [0.717, 1.165) is 40.7 Å². The summed E-state index contributed by atoms with van der Waals surface area (Å²) in [6.07, 6.45) is 3.01. The number of ether oxygens (including phenoxy) is 1. The first-order chi connectivity index (χ1) is 16.1. The minimum absolute atomic E-state index is 0.0644. The Labute approximate surface area is 199 Å². The van der Waals surface area contributed by atoms with Crippen molar-refractivity contribution in [3.8, 4) is 11.4 Å². The Morgan fingerprint density at radius 3 is 2.70 bits per heavy atom. The van der Waals surface area contributed by atoms with Crippen LogP contribution >= 0.6 is 23.1 Å². The summed E-state index contributed by atoms with van der Waals surface area (Å²) in [7, 11) is 1.57. The Kier molecular flexibility index (Phi) is 5.95. The van der Waals surface area contributed by atoms with Crippen molar-refractivity contribution in [1.82, 2.24) is 9.55 Å². The second-order valence-corrected chi connectivity index (χ2v) is 10.2. The molecule has 2 aromatic carbocycles. The van der Waals surface area contributed by atoms with Crippen molar-refractivity contribution >= 4 is 44.9 Å². The van der Waals surface area contributed by atoms with Gasteiger partial charge in [-0.1, -0.05) is 42.1 Å². The van der Waals surface area contributed by atoms with Crippen molar-refractivity contribution in [2.75, 3.05) is 12.4 Å². The fourth-order valence-electron chi connectivity index (χ4n) is 4.10. The van der Waals surface area contributed by atoms with Crippen LogP contribution in [0.25, 0.3) is 15.9 Å². The monoisotopic (exact) mass is 477 g/mol. The van der Waals surface area contributed by atoms with E-state index in [2.05, 4.69) is 5.32 Å². The molecule has 6 nitrogen and oxygen atoms in total. The minimum Gasteiger partial charge on any atom is -0.495 e. The van der Waals surface area contributed by atoms with E-state index in [4.69, 9.17) is 9.72 Å². The van der Waals surface area contributed by atoms with E-state index in [1.54, 1.807) is 35.1 Å². The maximum absolute atomic E-state index is 13.7. The summed E-state index contributed by atoms with van der Waals surface area (Å²) in [6.45, 7) is 1.81. The fourth-order valence-corrected chi connectivity index (χ4v) is 6.33. The predicted octanol–water partition coefficient (Wildman–Crippen LogP) is 5.06. The molecule has 4 aromatic rings. The lowest BCUT2D eigenvalue weighted by Crippen LogP contribution is -2.26. The summed E-state index contributed by atoms with van der Waals surface area (Å²) in [4.78, 5) is 33.6. The number of nitrogens with zero attached hydrogens (tertiary/aromatic N) is 2. The maximum Gasteiger partial charge on any atom is 0.267 e. The number of benzene rings is 2. The van der Waals surface area contributed by atoms with Gasteiger partial charge in [-0.3, -0.25) is 14.2 Å². The van der Waals surface area contributed by atoms with E-state index in [-0.39, 0.29) is 11.5 Å². The minimum atomic E-state index is -0.485. The van der Waals surface area contributed by atoms with Crippen molar-refractivity contribution in [2.45, 2.75) is 36.6 Å². The molecule has 1 N–H and O–H groups in total. The number of thioether (sulfide) groups is 1. The number of carbonyl (C=O) groups excluding carboxylic acids is 1. The van der Waals surface area contributed by atoms with E-state index < -0.39 is 5.25 Å². The summed E-state index contributed by atoms with van der Waals surface area (Å²) in [5, 5.41) is 3.69. The van der Waals surface area contributed by atoms with Gasteiger partial charge in [0.05, 0.1) is 29.1 Å². The van der Waals surface area contributed by atoms with Crippen molar-refractivity contribution in [3.63, 3.8) is 0 Å². The molecular weight excluding hydrogens is 454 g/mol. The largest absolute Gasteiger partial charge is 0.495 e. The van der Waals surface area contributed by atoms with Crippen molar-refractivity contribution in [3.05, 3.63) is 75.4 Å². The highest BCUT2D eigenvalue weighted by molar-refractivity contribution is 8.00. The summed E-state index contributed by atoms with van der Waals surface area (Å²) in [5.74, 6) is 0.407.